The average Bonchev–Trinajstić information content (AvgIpc) is 3.49. The molecule has 2 aromatic rings. The molecule has 1 atom stereocenters. The maximum absolute atomic E-state index is 13.5. The van der Waals surface area contributed by atoms with Crippen molar-refractivity contribution in [2.75, 3.05) is 26.2 Å². The molecule has 0 unspecified atom stereocenters. The molecule has 1 aliphatic carbocycles. The van der Waals surface area contributed by atoms with Gasteiger partial charge in [-0.25, -0.2) is 0 Å². The maximum Gasteiger partial charge on any atom is 0.242 e. The third-order valence-electron chi connectivity index (χ3n) is 6.98. The summed E-state index contributed by atoms with van der Waals surface area (Å²) in [5, 5.41) is 2.11. The summed E-state index contributed by atoms with van der Waals surface area (Å²) in [6.45, 7) is 8.10. The topological polar surface area (TPSA) is 49.9 Å². The van der Waals surface area contributed by atoms with Crippen molar-refractivity contribution in [2.24, 2.45) is 5.92 Å². The van der Waals surface area contributed by atoms with Gasteiger partial charge in [-0.1, -0.05) is 37.5 Å². The Bertz CT molecular complexity index is 979. The van der Waals surface area contributed by atoms with Gasteiger partial charge in [0.25, 0.3) is 0 Å². The van der Waals surface area contributed by atoms with Crippen LogP contribution in [0.2, 0.25) is 0 Å². The van der Waals surface area contributed by atoms with Gasteiger partial charge < -0.3 is 14.5 Å². The molecule has 6 heteroatoms. The van der Waals surface area contributed by atoms with Gasteiger partial charge >= 0.3 is 0 Å². The summed E-state index contributed by atoms with van der Waals surface area (Å²) < 4.78 is 6.25. The fraction of sp³-hybridized carbons (Fsp3) is 0.556. The SMILES string of the molecule is CCCN(CC(=O)N1CCc2sccc2[C@@H]1COc1ccc(C)cc1C)C(=O)C1CCCC1. The number of ether oxygens (including phenoxy) is 1. The highest BCUT2D eigenvalue weighted by atomic mass is 32.1. The largest absolute Gasteiger partial charge is 0.491 e. The van der Waals surface area contributed by atoms with E-state index in [0.717, 1.165) is 49.8 Å². The van der Waals surface area contributed by atoms with Crippen LogP contribution < -0.4 is 4.74 Å². The van der Waals surface area contributed by atoms with Crippen LogP contribution in [0.3, 0.4) is 0 Å². The van der Waals surface area contributed by atoms with E-state index >= 15 is 0 Å². The Morgan fingerprint density at radius 2 is 1.97 bits per heavy atom. The van der Waals surface area contributed by atoms with Gasteiger partial charge in [-0.3, -0.25) is 9.59 Å². The summed E-state index contributed by atoms with van der Waals surface area (Å²) in [6, 6.07) is 8.19. The molecule has 1 saturated carbocycles. The van der Waals surface area contributed by atoms with E-state index in [0.29, 0.717) is 19.7 Å². The van der Waals surface area contributed by atoms with Crippen LogP contribution in [0.15, 0.2) is 29.6 Å². The van der Waals surface area contributed by atoms with E-state index in [4.69, 9.17) is 4.74 Å². The molecule has 2 amide bonds. The Balaban J connectivity index is 1.50. The molecule has 4 rings (SSSR count). The van der Waals surface area contributed by atoms with Crippen LogP contribution in [0.1, 0.15) is 66.6 Å². The monoisotopic (exact) mass is 468 g/mol. The summed E-state index contributed by atoms with van der Waals surface area (Å²) in [5.74, 6) is 1.15. The number of amides is 2. The summed E-state index contributed by atoms with van der Waals surface area (Å²) in [4.78, 5) is 31.7. The minimum atomic E-state index is -0.127. The van der Waals surface area contributed by atoms with Gasteiger partial charge in [-0.2, -0.15) is 0 Å². The third kappa shape index (κ3) is 5.43. The first-order chi connectivity index (χ1) is 16.0. The van der Waals surface area contributed by atoms with Crippen LogP contribution >= 0.6 is 11.3 Å². The van der Waals surface area contributed by atoms with Gasteiger partial charge in [0.15, 0.2) is 0 Å². The zero-order valence-electron chi connectivity index (χ0n) is 20.1. The fourth-order valence-corrected chi connectivity index (χ4v) is 6.15. The van der Waals surface area contributed by atoms with Gasteiger partial charge in [0.2, 0.25) is 11.8 Å². The van der Waals surface area contributed by atoms with E-state index in [-0.39, 0.29) is 30.3 Å². The Hall–Kier alpha value is -2.34. The number of nitrogens with zero attached hydrogens (tertiary/aromatic N) is 2. The number of rotatable bonds is 8. The Kier molecular flexibility index (Phi) is 7.74. The van der Waals surface area contributed by atoms with E-state index in [9.17, 15) is 9.59 Å². The average molecular weight is 469 g/mol. The number of aryl methyl sites for hydroxylation is 2. The van der Waals surface area contributed by atoms with Crippen LogP contribution in [-0.4, -0.2) is 47.9 Å². The first-order valence-electron chi connectivity index (χ1n) is 12.3. The van der Waals surface area contributed by atoms with Crippen LogP contribution in [0, 0.1) is 19.8 Å². The Labute approximate surface area is 201 Å². The Morgan fingerprint density at radius 1 is 1.18 bits per heavy atom. The normalized spacial score (nSPS) is 18.3. The molecular formula is C27H36N2O3S. The van der Waals surface area contributed by atoms with E-state index < -0.39 is 0 Å². The molecule has 2 aliphatic rings. The molecule has 1 fully saturated rings. The first kappa shape index (κ1) is 23.8. The molecule has 1 aliphatic heterocycles. The molecule has 178 valence electrons. The van der Waals surface area contributed by atoms with Crippen molar-refractivity contribution in [3.63, 3.8) is 0 Å². The smallest absolute Gasteiger partial charge is 0.242 e. The lowest BCUT2D eigenvalue weighted by Gasteiger charge is -2.37. The molecule has 5 nitrogen and oxygen atoms in total. The van der Waals surface area contributed by atoms with E-state index in [2.05, 4.69) is 44.4 Å². The van der Waals surface area contributed by atoms with Gasteiger partial charge in [-0.05, 0) is 68.2 Å². The van der Waals surface area contributed by atoms with Crippen molar-refractivity contribution in [1.29, 1.82) is 0 Å². The number of hydrogen-bond acceptors (Lipinski definition) is 4. The molecule has 0 spiro atoms. The minimum absolute atomic E-state index is 0.0286. The lowest BCUT2D eigenvalue weighted by molar-refractivity contribution is -0.144. The van der Waals surface area contributed by atoms with Gasteiger partial charge in [0.05, 0.1) is 12.6 Å². The molecule has 0 saturated heterocycles. The lowest BCUT2D eigenvalue weighted by Crippen LogP contribution is -2.48. The molecule has 2 heterocycles. The standard InChI is InChI=1S/C27H36N2O3S/c1-4-13-28(27(31)21-7-5-6-8-21)17-26(30)29-14-11-25-22(12-15-33-25)23(29)18-32-24-10-9-19(2)16-20(24)3/h9-10,12,15-16,21,23H,4-8,11,13-14,17-18H2,1-3H3/t23-/m0/s1. The lowest BCUT2D eigenvalue weighted by atomic mass is 10.00. The molecular weight excluding hydrogens is 432 g/mol. The van der Waals surface area contributed by atoms with E-state index in [1.165, 1.54) is 16.0 Å². The fourth-order valence-electron chi connectivity index (χ4n) is 5.23. The highest BCUT2D eigenvalue weighted by Crippen LogP contribution is 2.34. The van der Waals surface area contributed by atoms with E-state index in [1.54, 1.807) is 11.3 Å². The number of carbonyl (C=O) groups is 2. The zero-order chi connectivity index (χ0) is 23.4. The second kappa shape index (κ2) is 10.7. The van der Waals surface area contributed by atoms with Gasteiger partial charge in [-0.15, -0.1) is 11.3 Å². The predicted octanol–water partition coefficient (Wildman–Crippen LogP) is 5.30. The minimum Gasteiger partial charge on any atom is -0.491 e. The second-order valence-electron chi connectivity index (χ2n) is 9.47. The predicted molar refractivity (Wildman–Crippen MR) is 133 cm³/mol. The number of thiophene rings is 1. The summed E-state index contributed by atoms with van der Waals surface area (Å²) >= 11 is 1.76. The summed E-state index contributed by atoms with van der Waals surface area (Å²) in [7, 11) is 0. The first-order valence-corrected chi connectivity index (χ1v) is 13.2. The number of benzene rings is 1. The number of hydrogen-bond donors (Lipinski definition) is 0. The maximum atomic E-state index is 13.5. The summed E-state index contributed by atoms with van der Waals surface area (Å²) in [6.07, 6.45) is 5.89. The highest BCUT2D eigenvalue weighted by Gasteiger charge is 2.35. The number of fused-ring (bicyclic) bond motifs is 1. The highest BCUT2D eigenvalue weighted by molar-refractivity contribution is 7.10. The number of carbonyl (C=O) groups excluding carboxylic acids is 2. The Morgan fingerprint density at radius 3 is 2.70 bits per heavy atom. The van der Waals surface area contributed by atoms with Crippen molar-refractivity contribution < 1.29 is 14.3 Å². The summed E-state index contributed by atoms with van der Waals surface area (Å²) in [5.41, 5.74) is 3.50. The third-order valence-corrected chi connectivity index (χ3v) is 7.97. The van der Waals surface area contributed by atoms with Crippen molar-refractivity contribution in [3.8, 4) is 5.75 Å². The van der Waals surface area contributed by atoms with Crippen LogP contribution in [0.4, 0.5) is 0 Å². The molecule has 0 N–H and O–H groups in total. The van der Waals surface area contributed by atoms with Crippen molar-refractivity contribution in [1.82, 2.24) is 9.80 Å². The van der Waals surface area contributed by atoms with Crippen LogP contribution in [0.5, 0.6) is 5.75 Å². The van der Waals surface area contributed by atoms with Crippen molar-refractivity contribution in [3.05, 3.63) is 51.2 Å². The molecule has 1 aromatic carbocycles. The molecule has 0 radical (unpaired) electrons. The van der Waals surface area contributed by atoms with Crippen molar-refractivity contribution in [2.45, 2.75) is 65.3 Å². The van der Waals surface area contributed by atoms with E-state index in [1.807, 2.05) is 15.9 Å². The second-order valence-corrected chi connectivity index (χ2v) is 10.5. The van der Waals surface area contributed by atoms with Crippen LogP contribution in [0.25, 0.3) is 0 Å². The van der Waals surface area contributed by atoms with Crippen molar-refractivity contribution >= 4 is 23.2 Å². The zero-order valence-corrected chi connectivity index (χ0v) is 21.0. The molecule has 0 bridgehead atoms. The van der Waals surface area contributed by atoms with Crippen LogP contribution in [-0.2, 0) is 16.0 Å². The molecule has 33 heavy (non-hydrogen) atoms. The van der Waals surface area contributed by atoms with Gasteiger partial charge in [0, 0.05) is 23.9 Å². The molecule has 1 aromatic heterocycles. The van der Waals surface area contributed by atoms with Gasteiger partial charge in [0.1, 0.15) is 12.4 Å². The quantitative estimate of drug-likeness (QED) is 0.528.